The molecule has 0 heterocycles. The first-order valence-corrected chi connectivity index (χ1v) is 6.03. The average molecular weight is 195 g/mol. The summed E-state index contributed by atoms with van der Waals surface area (Å²) in [7, 11) is 8.45. The van der Waals surface area contributed by atoms with Crippen LogP contribution >= 0.6 is 7.36 Å². The quantitative estimate of drug-likeness (QED) is 0.606. The van der Waals surface area contributed by atoms with Crippen molar-refractivity contribution in [3.8, 4) is 0 Å². The number of nitrogens with two attached hydrogens (primary N) is 2. The second-order valence-electron chi connectivity index (χ2n) is 3.65. The molecule has 0 aliphatic carbocycles. The first kappa shape index (κ1) is 12.2. The molecule has 0 unspecified atom stereocenters. The number of hydrogen-bond donors (Lipinski definition) is 2. The minimum absolute atomic E-state index is 1.89. The van der Waals surface area contributed by atoms with E-state index >= 15 is 0 Å². The van der Waals surface area contributed by atoms with Gasteiger partial charge in [0, 0.05) is 0 Å². The van der Waals surface area contributed by atoms with Crippen molar-refractivity contribution in [2.24, 2.45) is 11.0 Å². The summed E-state index contributed by atoms with van der Waals surface area (Å²) in [6, 6.07) is 0. The minimum atomic E-state index is -2.95. The van der Waals surface area contributed by atoms with Gasteiger partial charge in [0.25, 0.3) is 0 Å². The number of nitrogens with zero attached hydrogens (tertiary/aromatic N) is 3. The van der Waals surface area contributed by atoms with Crippen molar-refractivity contribution < 1.29 is 0 Å². The molecule has 0 saturated carbocycles. The van der Waals surface area contributed by atoms with Crippen LogP contribution in [-0.4, -0.2) is 56.3 Å². The fourth-order valence-electron chi connectivity index (χ4n) is 1.07. The summed E-state index contributed by atoms with van der Waals surface area (Å²) in [4.78, 5) is 0. The Bertz CT molecular complexity index is 137. The van der Waals surface area contributed by atoms with Crippen molar-refractivity contribution in [2.45, 2.75) is 0 Å². The molecule has 0 fully saturated rings. The monoisotopic (exact) mass is 195 g/mol. The average Bonchev–Trinajstić information content (AvgIpc) is 1.86. The second-order valence-corrected chi connectivity index (χ2v) is 8.27. The van der Waals surface area contributed by atoms with Crippen LogP contribution in [-0.2, 0) is 0 Å². The molecule has 0 aromatic rings. The molecule has 0 bridgehead atoms. The van der Waals surface area contributed by atoms with E-state index in [0.29, 0.717) is 0 Å². The van der Waals surface area contributed by atoms with Crippen LogP contribution in [0.5, 0.6) is 0 Å². The summed E-state index contributed by atoms with van der Waals surface area (Å²) in [6.07, 6.45) is 0. The van der Waals surface area contributed by atoms with Crippen LogP contribution < -0.4 is 11.0 Å². The Labute approximate surface area is 75.5 Å². The summed E-state index contributed by atoms with van der Waals surface area (Å²) in [5.41, 5.74) is 12.5. The van der Waals surface area contributed by atoms with E-state index in [-0.39, 0.29) is 0 Å². The molecule has 5 nitrogen and oxygen atoms in total. The maximum atomic E-state index is 6.26. The summed E-state index contributed by atoms with van der Waals surface area (Å²) in [5.74, 6) is 0. The van der Waals surface area contributed by atoms with Gasteiger partial charge in [-0.2, -0.15) is 0 Å². The Balaban J connectivity index is 5.09. The second kappa shape index (κ2) is 3.18. The molecular formula is C6H22N5P. The third-order valence-corrected chi connectivity index (χ3v) is 7.38. The van der Waals surface area contributed by atoms with Crippen LogP contribution in [0, 0.1) is 0 Å². The molecule has 0 aliphatic heterocycles. The van der Waals surface area contributed by atoms with Gasteiger partial charge in [-0.15, -0.1) is 0 Å². The van der Waals surface area contributed by atoms with Gasteiger partial charge < -0.3 is 0 Å². The molecule has 76 valence electrons. The molecule has 0 aromatic carbocycles. The van der Waals surface area contributed by atoms with Gasteiger partial charge in [0.05, 0.1) is 0 Å². The van der Waals surface area contributed by atoms with Crippen molar-refractivity contribution >= 4 is 7.36 Å². The number of hydrogen-bond acceptors (Lipinski definition) is 5. The molecule has 6 heteroatoms. The Hall–Kier alpha value is 0.230. The van der Waals surface area contributed by atoms with Gasteiger partial charge >= 0.3 is 74.7 Å². The van der Waals surface area contributed by atoms with Crippen LogP contribution in [0.4, 0.5) is 0 Å². The molecule has 0 radical (unpaired) electrons. The standard InChI is InChI=1S/C6H22N5P/c1-9(2)12(7,8,10(3)4)11(5)6/h7-8H2,1-6H3. The molecule has 0 spiro atoms. The zero-order chi connectivity index (χ0) is 10.2. The van der Waals surface area contributed by atoms with Crippen molar-refractivity contribution in [3.05, 3.63) is 0 Å². The summed E-state index contributed by atoms with van der Waals surface area (Å²) in [5, 5.41) is 0. The zero-order valence-corrected chi connectivity index (χ0v) is 9.84. The Kier molecular flexibility index (Phi) is 3.24. The van der Waals surface area contributed by atoms with Crippen LogP contribution in [0.3, 0.4) is 0 Å². The normalized spacial score (nSPS) is 17.1. The van der Waals surface area contributed by atoms with Gasteiger partial charge in [0.15, 0.2) is 0 Å². The summed E-state index contributed by atoms with van der Waals surface area (Å²) in [6.45, 7) is 0. The summed E-state index contributed by atoms with van der Waals surface area (Å²) >= 11 is 0. The molecule has 12 heavy (non-hydrogen) atoms. The van der Waals surface area contributed by atoms with E-state index < -0.39 is 7.36 Å². The molecule has 0 aromatic heterocycles. The SMILES string of the molecule is CN(C)P(N)(N)(N(C)C)N(C)C. The Morgan fingerprint density at radius 1 is 0.667 bits per heavy atom. The van der Waals surface area contributed by atoms with Gasteiger partial charge in [-0.3, -0.25) is 0 Å². The van der Waals surface area contributed by atoms with E-state index in [1.807, 2.05) is 56.3 Å². The summed E-state index contributed by atoms with van der Waals surface area (Å²) < 4.78 is 5.68. The molecule has 0 saturated heterocycles. The molecule has 0 amide bonds. The third-order valence-electron chi connectivity index (χ3n) is 2.46. The van der Waals surface area contributed by atoms with Crippen LogP contribution in [0.2, 0.25) is 0 Å². The van der Waals surface area contributed by atoms with Crippen LogP contribution in [0.1, 0.15) is 0 Å². The van der Waals surface area contributed by atoms with Gasteiger partial charge in [0.1, 0.15) is 0 Å². The van der Waals surface area contributed by atoms with Gasteiger partial charge in [-0.25, -0.2) is 0 Å². The van der Waals surface area contributed by atoms with E-state index in [0.717, 1.165) is 0 Å². The molecule has 0 atom stereocenters. The molecule has 0 rings (SSSR count). The topological polar surface area (TPSA) is 61.8 Å². The molecule has 4 N–H and O–H groups in total. The first-order chi connectivity index (χ1) is 5.13. The van der Waals surface area contributed by atoms with Gasteiger partial charge in [0.2, 0.25) is 0 Å². The Morgan fingerprint density at radius 3 is 0.833 bits per heavy atom. The van der Waals surface area contributed by atoms with E-state index in [1.54, 1.807) is 0 Å². The molecule has 0 aliphatic rings. The fourth-order valence-corrected chi connectivity index (χ4v) is 3.22. The van der Waals surface area contributed by atoms with E-state index in [4.69, 9.17) is 11.0 Å². The Morgan fingerprint density at radius 2 is 0.833 bits per heavy atom. The predicted octanol–water partition coefficient (Wildman–Crippen LogP) is -0.283. The van der Waals surface area contributed by atoms with E-state index in [9.17, 15) is 0 Å². The van der Waals surface area contributed by atoms with Gasteiger partial charge in [-0.05, 0) is 0 Å². The maximum absolute atomic E-state index is 6.26. The van der Waals surface area contributed by atoms with Crippen molar-refractivity contribution in [2.75, 3.05) is 42.3 Å². The van der Waals surface area contributed by atoms with Crippen LogP contribution in [0.15, 0.2) is 0 Å². The van der Waals surface area contributed by atoms with E-state index in [2.05, 4.69) is 0 Å². The van der Waals surface area contributed by atoms with E-state index in [1.165, 1.54) is 0 Å². The van der Waals surface area contributed by atoms with Crippen molar-refractivity contribution in [1.29, 1.82) is 0 Å². The zero-order valence-electron chi connectivity index (χ0n) is 8.94. The third kappa shape index (κ3) is 1.48. The van der Waals surface area contributed by atoms with Gasteiger partial charge in [-0.1, -0.05) is 0 Å². The predicted molar refractivity (Wildman–Crippen MR) is 56.4 cm³/mol. The van der Waals surface area contributed by atoms with Crippen molar-refractivity contribution in [3.63, 3.8) is 0 Å². The molecular weight excluding hydrogens is 173 g/mol. The van der Waals surface area contributed by atoms with Crippen molar-refractivity contribution in [1.82, 2.24) is 14.0 Å². The first-order valence-electron chi connectivity index (χ1n) is 3.80. The van der Waals surface area contributed by atoms with Crippen LogP contribution in [0.25, 0.3) is 0 Å². The fraction of sp³-hybridized carbons (Fsp3) is 1.00. The number of rotatable bonds is 3.